The van der Waals surface area contributed by atoms with Gasteiger partial charge in [0.25, 0.3) is 0 Å². The summed E-state index contributed by atoms with van der Waals surface area (Å²) < 4.78 is 6.41. The molecule has 4 heterocycles. The van der Waals surface area contributed by atoms with Crippen LogP contribution in [0.1, 0.15) is 16.0 Å². The molecular formula is C18H21N5OS. The summed E-state index contributed by atoms with van der Waals surface area (Å²) in [6.45, 7) is 4.40. The summed E-state index contributed by atoms with van der Waals surface area (Å²) in [5, 5.41) is 12.0. The standard InChI is InChI=1S/C18H21N5OS/c1-11-16(6-14(19)13-9-24-10-13)25-18-15(8-22-23-17(11)18)21-7-12-2-4-20-5-3-12/h2-5,8,13-14H,6-7,9-10,19H2,1H3,(H,21,23)/t14-/m1/s1. The van der Waals surface area contributed by atoms with Gasteiger partial charge in [0, 0.05) is 35.8 Å². The van der Waals surface area contributed by atoms with E-state index in [4.69, 9.17) is 10.5 Å². The summed E-state index contributed by atoms with van der Waals surface area (Å²) in [4.78, 5) is 5.34. The van der Waals surface area contributed by atoms with E-state index in [9.17, 15) is 0 Å². The van der Waals surface area contributed by atoms with Crippen LogP contribution in [0.4, 0.5) is 5.69 Å². The second kappa shape index (κ2) is 7.03. The number of aryl methyl sites for hydroxylation is 1. The molecule has 7 heteroatoms. The lowest BCUT2D eigenvalue weighted by Crippen LogP contribution is -2.44. The summed E-state index contributed by atoms with van der Waals surface area (Å²) >= 11 is 1.77. The maximum Gasteiger partial charge on any atom is 0.109 e. The highest BCUT2D eigenvalue weighted by Crippen LogP contribution is 2.35. The number of aromatic nitrogens is 3. The number of pyridine rings is 1. The third-order valence-electron chi connectivity index (χ3n) is 4.73. The molecule has 1 saturated heterocycles. The molecule has 3 aromatic rings. The van der Waals surface area contributed by atoms with E-state index in [-0.39, 0.29) is 6.04 Å². The van der Waals surface area contributed by atoms with Crippen LogP contribution in [0, 0.1) is 12.8 Å². The van der Waals surface area contributed by atoms with Gasteiger partial charge < -0.3 is 15.8 Å². The minimum Gasteiger partial charge on any atom is -0.381 e. The van der Waals surface area contributed by atoms with Crippen molar-refractivity contribution in [3.05, 3.63) is 46.7 Å². The Hall–Kier alpha value is -2.09. The molecule has 0 spiro atoms. The highest BCUT2D eigenvalue weighted by Gasteiger charge is 2.27. The number of nitrogens with one attached hydrogen (secondary N) is 1. The van der Waals surface area contributed by atoms with Crippen LogP contribution in [0.25, 0.3) is 10.2 Å². The molecule has 1 atom stereocenters. The van der Waals surface area contributed by atoms with Crippen molar-refractivity contribution in [1.82, 2.24) is 15.2 Å². The number of nitrogens with zero attached hydrogens (tertiary/aromatic N) is 3. The zero-order chi connectivity index (χ0) is 17.2. The Bertz CT molecular complexity index is 863. The van der Waals surface area contributed by atoms with Crippen molar-refractivity contribution >= 4 is 27.2 Å². The lowest BCUT2D eigenvalue weighted by Gasteiger charge is -2.31. The molecule has 0 radical (unpaired) electrons. The second-order valence-corrected chi connectivity index (χ2v) is 7.57. The molecule has 130 valence electrons. The van der Waals surface area contributed by atoms with E-state index < -0.39 is 0 Å². The van der Waals surface area contributed by atoms with Crippen LogP contribution < -0.4 is 11.1 Å². The van der Waals surface area contributed by atoms with Crippen LogP contribution in [0.3, 0.4) is 0 Å². The molecule has 0 amide bonds. The normalized spacial score (nSPS) is 15.9. The Balaban J connectivity index is 1.57. The van der Waals surface area contributed by atoms with Crippen LogP contribution >= 0.6 is 11.3 Å². The molecule has 0 saturated carbocycles. The van der Waals surface area contributed by atoms with Crippen molar-refractivity contribution in [2.45, 2.75) is 25.9 Å². The molecule has 0 bridgehead atoms. The lowest BCUT2D eigenvalue weighted by atomic mass is 9.95. The quantitative estimate of drug-likeness (QED) is 0.707. The minimum absolute atomic E-state index is 0.140. The number of rotatable bonds is 6. The fourth-order valence-electron chi connectivity index (χ4n) is 2.96. The van der Waals surface area contributed by atoms with E-state index in [0.29, 0.717) is 5.92 Å². The Morgan fingerprint density at radius 2 is 2.16 bits per heavy atom. The number of hydrogen-bond donors (Lipinski definition) is 2. The predicted molar refractivity (Wildman–Crippen MR) is 99.7 cm³/mol. The predicted octanol–water partition coefficient (Wildman–Crippen LogP) is 2.52. The van der Waals surface area contributed by atoms with Gasteiger partial charge >= 0.3 is 0 Å². The monoisotopic (exact) mass is 355 g/mol. The maximum absolute atomic E-state index is 6.34. The molecule has 1 fully saturated rings. The Morgan fingerprint density at radius 3 is 2.88 bits per heavy atom. The maximum atomic E-state index is 6.34. The van der Waals surface area contributed by atoms with Gasteiger partial charge in [-0.25, -0.2) is 0 Å². The first kappa shape index (κ1) is 16.4. The summed E-state index contributed by atoms with van der Waals surface area (Å²) in [6.07, 6.45) is 6.26. The van der Waals surface area contributed by atoms with Crippen molar-refractivity contribution in [3.63, 3.8) is 0 Å². The van der Waals surface area contributed by atoms with Crippen molar-refractivity contribution in [3.8, 4) is 0 Å². The van der Waals surface area contributed by atoms with Crippen LogP contribution in [0.5, 0.6) is 0 Å². The molecule has 1 aliphatic rings. The zero-order valence-corrected chi connectivity index (χ0v) is 14.9. The van der Waals surface area contributed by atoms with Crippen LogP contribution in [-0.4, -0.2) is 34.4 Å². The summed E-state index contributed by atoms with van der Waals surface area (Å²) in [5.41, 5.74) is 10.7. The first-order valence-corrected chi connectivity index (χ1v) is 9.24. The number of nitrogens with two attached hydrogens (primary N) is 1. The van der Waals surface area contributed by atoms with Gasteiger partial charge in [0.05, 0.1) is 29.8 Å². The van der Waals surface area contributed by atoms with Gasteiger partial charge in [-0.1, -0.05) is 0 Å². The molecule has 4 rings (SSSR count). The highest BCUT2D eigenvalue weighted by atomic mass is 32.1. The molecule has 3 aromatic heterocycles. The number of fused-ring (bicyclic) bond motifs is 1. The van der Waals surface area contributed by atoms with Gasteiger partial charge in [0.1, 0.15) is 5.52 Å². The second-order valence-electron chi connectivity index (χ2n) is 6.46. The molecule has 3 N–H and O–H groups in total. The van der Waals surface area contributed by atoms with Gasteiger partial charge in [0.15, 0.2) is 0 Å². The van der Waals surface area contributed by atoms with E-state index in [1.165, 1.54) is 16.0 Å². The average molecular weight is 355 g/mol. The van der Waals surface area contributed by atoms with E-state index in [1.54, 1.807) is 29.9 Å². The van der Waals surface area contributed by atoms with Crippen molar-refractivity contribution in [2.75, 3.05) is 18.5 Å². The van der Waals surface area contributed by atoms with Crippen molar-refractivity contribution < 1.29 is 4.74 Å². The zero-order valence-electron chi connectivity index (χ0n) is 14.1. The fraction of sp³-hybridized carbons (Fsp3) is 0.389. The van der Waals surface area contributed by atoms with Crippen LogP contribution in [0.2, 0.25) is 0 Å². The molecule has 1 aliphatic heterocycles. The van der Waals surface area contributed by atoms with Gasteiger partial charge in [-0.2, -0.15) is 5.10 Å². The molecular weight excluding hydrogens is 334 g/mol. The first-order valence-electron chi connectivity index (χ1n) is 8.42. The van der Waals surface area contributed by atoms with Crippen LogP contribution in [0.15, 0.2) is 30.7 Å². The van der Waals surface area contributed by atoms with Crippen molar-refractivity contribution in [1.29, 1.82) is 0 Å². The molecule has 0 aromatic carbocycles. The Morgan fingerprint density at radius 1 is 1.36 bits per heavy atom. The summed E-state index contributed by atoms with van der Waals surface area (Å²) in [6, 6.07) is 4.15. The minimum atomic E-state index is 0.140. The van der Waals surface area contributed by atoms with Gasteiger partial charge in [-0.3, -0.25) is 4.98 Å². The molecule has 0 aliphatic carbocycles. The number of ether oxygens (including phenoxy) is 1. The molecule has 0 unspecified atom stereocenters. The lowest BCUT2D eigenvalue weighted by molar-refractivity contribution is -0.0433. The SMILES string of the molecule is Cc1c(C[C@@H](N)C2COC2)sc2c(NCc3ccncc3)cnnc12. The number of thiophene rings is 1. The number of hydrogen-bond acceptors (Lipinski definition) is 7. The van der Waals surface area contributed by atoms with Crippen molar-refractivity contribution in [2.24, 2.45) is 11.7 Å². The van der Waals surface area contributed by atoms with E-state index >= 15 is 0 Å². The van der Waals surface area contributed by atoms with E-state index in [0.717, 1.165) is 42.1 Å². The van der Waals surface area contributed by atoms with E-state index in [2.05, 4.69) is 27.4 Å². The summed E-state index contributed by atoms with van der Waals surface area (Å²) in [5.74, 6) is 0.472. The Labute approximate surface area is 150 Å². The number of anilines is 1. The Kier molecular flexibility index (Phi) is 4.61. The topological polar surface area (TPSA) is 86.0 Å². The van der Waals surface area contributed by atoms with Gasteiger partial charge in [-0.15, -0.1) is 16.4 Å². The largest absolute Gasteiger partial charge is 0.381 e. The highest BCUT2D eigenvalue weighted by molar-refractivity contribution is 7.19. The molecule has 6 nitrogen and oxygen atoms in total. The molecule has 25 heavy (non-hydrogen) atoms. The third-order valence-corrected chi connectivity index (χ3v) is 6.06. The fourth-order valence-corrected chi connectivity index (χ4v) is 4.25. The summed E-state index contributed by atoms with van der Waals surface area (Å²) in [7, 11) is 0. The first-order chi connectivity index (χ1) is 12.2. The smallest absolute Gasteiger partial charge is 0.109 e. The van der Waals surface area contributed by atoms with Gasteiger partial charge in [0.2, 0.25) is 0 Å². The van der Waals surface area contributed by atoms with E-state index in [1.807, 2.05) is 12.1 Å². The van der Waals surface area contributed by atoms with Crippen LogP contribution in [-0.2, 0) is 17.7 Å². The average Bonchev–Trinajstić information content (AvgIpc) is 2.89. The third kappa shape index (κ3) is 3.35. The van der Waals surface area contributed by atoms with Gasteiger partial charge in [-0.05, 0) is 36.6 Å².